The van der Waals surface area contributed by atoms with Crippen LogP contribution in [0.2, 0.25) is 0 Å². The number of halogens is 1. The van der Waals surface area contributed by atoms with Gasteiger partial charge in [-0.2, -0.15) is 0 Å². The number of anilines is 1. The zero-order valence-electron chi connectivity index (χ0n) is 9.96. The molecule has 3 heteroatoms. The molecule has 1 heterocycles. The minimum absolute atomic E-state index is 0.443. The molecule has 0 bridgehead atoms. The van der Waals surface area contributed by atoms with Crippen molar-refractivity contribution in [2.45, 2.75) is 26.8 Å². The molecule has 1 saturated heterocycles. The summed E-state index contributed by atoms with van der Waals surface area (Å²) in [6, 6.07) is 6.47. The molecule has 0 radical (unpaired) electrons. The molecule has 0 spiro atoms. The standard InChI is InChI=1S/C13H19BrN2/c1-13(2)5-6-16(9-13)11-4-3-10(8-15)12(14)7-11/h3-4,7H,5-6,8-9,15H2,1-2H3. The highest BCUT2D eigenvalue weighted by Crippen LogP contribution is 2.33. The molecule has 0 saturated carbocycles. The highest BCUT2D eigenvalue weighted by molar-refractivity contribution is 9.10. The molecule has 2 rings (SSSR count). The monoisotopic (exact) mass is 282 g/mol. The lowest BCUT2D eigenvalue weighted by atomic mass is 9.93. The minimum atomic E-state index is 0.443. The first-order valence-electron chi connectivity index (χ1n) is 5.75. The molecule has 1 aliphatic heterocycles. The van der Waals surface area contributed by atoms with E-state index < -0.39 is 0 Å². The molecule has 88 valence electrons. The van der Waals surface area contributed by atoms with Crippen LogP contribution in [0, 0.1) is 5.41 Å². The average molecular weight is 283 g/mol. The summed E-state index contributed by atoms with van der Waals surface area (Å²) in [6.45, 7) is 7.54. The summed E-state index contributed by atoms with van der Waals surface area (Å²) in [6.07, 6.45) is 1.27. The third-order valence-electron chi connectivity index (χ3n) is 3.30. The summed E-state index contributed by atoms with van der Waals surface area (Å²) in [5, 5.41) is 0. The lowest BCUT2D eigenvalue weighted by molar-refractivity contribution is 0.418. The molecule has 0 unspecified atom stereocenters. The van der Waals surface area contributed by atoms with Gasteiger partial charge in [0.25, 0.3) is 0 Å². The summed E-state index contributed by atoms with van der Waals surface area (Å²) in [7, 11) is 0. The Bertz CT molecular complexity index is 388. The van der Waals surface area contributed by atoms with Gasteiger partial charge >= 0.3 is 0 Å². The van der Waals surface area contributed by atoms with E-state index >= 15 is 0 Å². The maximum atomic E-state index is 5.65. The number of benzene rings is 1. The summed E-state index contributed by atoms with van der Waals surface area (Å²) < 4.78 is 1.12. The van der Waals surface area contributed by atoms with Gasteiger partial charge in [0, 0.05) is 29.8 Å². The molecule has 16 heavy (non-hydrogen) atoms. The van der Waals surface area contributed by atoms with Crippen molar-refractivity contribution >= 4 is 21.6 Å². The van der Waals surface area contributed by atoms with Gasteiger partial charge < -0.3 is 10.6 Å². The van der Waals surface area contributed by atoms with Crippen LogP contribution in [0.4, 0.5) is 5.69 Å². The molecule has 1 aromatic rings. The zero-order chi connectivity index (χ0) is 11.8. The van der Waals surface area contributed by atoms with Crippen LogP contribution in [-0.2, 0) is 6.54 Å². The van der Waals surface area contributed by atoms with Crippen LogP contribution in [0.1, 0.15) is 25.8 Å². The van der Waals surface area contributed by atoms with Gasteiger partial charge in [-0.1, -0.05) is 35.8 Å². The van der Waals surface area contributed by atoms with Crippen molar-refractivity contribution in [2.24, 2.45) is 11.1 Å². The van der Waals surface area contributed by atoms with Gasteiger partial charge in [0.1, 0.15) is 0 Å². The molecule has 0 atom stereocenters. The van der Waals surface area contributed by atoms with Gasteiger partial charge in [0.2, 0.25) is 0 Å². The molecule has 1 aliphatic rings. The second-order valence-corrected chi connectivity index (χ2v) is 6.17. The van der Waals surface area contributed by atoms with Gasteiger partial charge in [-0.05, 0) is 29.5 Å². The van der Waals surface area contributed by atoms with E-state index in [1.165, 1.54) is 17.7 Å². The highest BCUT2D eigenvalue weighted by atomic mass is 79.9. The van der Waals surface area contributed by atoms with Crippen molar-refractivity contribution in [3.8, 4) is 0 Å². The lowest BCUT2D eigenvalue weighted by Crippen LogP contribution is -2.22. The SMILES string of the molecule is CC1(C)CCN(c2ccc(CN)c(Br)c2)C1. The first-order chi connectivity index (χ1) is 7.52. The molecular formula is C13H19BrN2. The van der Waals surface area contributed by atoms with Crippen LogP contribution in [0.5, 0.6) is 0 Å². The van der Waals surface area contributed by atoms with E-state index in [2.05, 4.69) is 52.9 Å². The predicted molar refractivity (Wildman–Crippen MR) is 72.6 cm³/mol. The van der Waals surface area contributed by atoms with E-state index in [0.29, 0.717) is 12.0 Å². The Morgan fingerprint density at radius 3 is 2.69 bits per heavy atom. The van der Waals surface area contributed by atoms with Gasteiger partial charge in [0.15, 0.2) is 0 Å². The molecule has 2 nitrogen and oxygen atoms in total. The maximum Gasteiger partial charge on any atom is 0.0377 e. The van der Waals surface area contributed by atoms with Crippen molar-refractivity contribution in [1.82, 2.24) is 0 Å². The Hall–Kier alpha value is -0.540. The normalized spacial score (nSPS) is 19.1. The van der Waals surface area contributed by atoms with Crippen LogP contribution >= 0.6 is 15.9 Å². The van der Waals surface area contributed by atoms with E-state index in [0.717, 1.165) is 17.6 Å². The van der Waals surface area contributed by atoms with Crippen molar-refractivity contribution < 1.29 is 0 Å². The first kappa shape index (κ1) is 11.9. The molecule has 2 N–H and O–H groups in total. The van der Waals surface area contributed by atoms with Crippen LogP contribution in [0.3, 0.4) is 0 Å². The largest absolute Gasteiger partial charge is 0.371 e. The quantitative estimate of drug-likeness (QED) is 0.903. The van der Waals surface area contributed by atoms with Crippen molar-refractivity contribution in [1.29, 1.82) is 0 Å². The first-order valence-corrected chi connectivity index (χ1v) is 6.54. The number of nitrogens with two attached hydrogens (primary N) is 1. The third-order valence-corrected chi connectivity index (χ3v) is 4.04. The summed E-state index contributed by atoms with van der Waals surface area (Å²) >= 11 is 3.58. The van der Waals surface area contributed by atoms with Crippen LogP contribution < -0.4 is 10.6 Å². The molecule has 0 aromatic heterocycles. The van der Waals surface area contributed by atoms with Gasteiger partial charge in [-0.25, -0.2) is 0 Å². The van der Waals surface area contributed by atoms with E-state index in [4.69, 9.17) is 5.73 Å². The Morgan fingerprint density at radius 1 is 1.44 bits per heavy atom. The van der Waals surface area contributed by atoms with E-state index in [-0.39, 0.29) is 0 Å². The molecular weight excluding hydrogens is 264 g/mol. The maximum absolute atomic E-state index is 5.65. The van der Waals surface area contributed by atoms with Crippen molar-refractivity contribution in [3.63, 3.8) is 0 Å². The van der Waals surface area contributed by atoms with E-state index in [9.17, 15) is 0 Å². The minimum Gasteiger partial charge on any atom is -0.371 e. The molecule has 0 amide bonds. The molecule has 1 fully saturated rings. The Morgan fingerprint density at radius 2 is 2.19 bits per heavy atom. The molecule has 1 aromatic carbocycles. The average Bonchev–Trinajstić information content (AvgIpc) is 2.59. The molecule has 0 aliphatic carbocycles. The number of hydrogen-bond acceptors (Lipinski definition) is 2. The lowest BCUT2D eigenvalue weighted by Gasteiger charge is -2.22. The Balaban J connectivity index is 2.20. The fraction of sp³-hybridized carbons (Fsp3) is 0.538. The second-order valence-electron chi connectivity index (χ2n) is 5.32. The number of nitrogens with zero attached hydrogens (tertiary/aromatic N) is 1. The highest BCUT2D eigenvalue weighted by Gasteiger charge is 2.29. The van der Waals surface area contributed by atoms with Crippen LogP contribution in [0.15, 0.2) is 22.7 Å². The fourth-order valence-electron chi connectivity index (χ4n) is 2.23. The number of rotatable bonds is 2. The predicted octanol–water partition coefficient (Wildman–Crippen LogP) is 3.14. The Labute approximate surface area is 106 Å². The Kier molecular flexibility index (Phi) is 3.27. The fourth-order valence-corrected chi connectivity index (χ4v) is 2.76. The van der Waals surface area contributed by atoms with Crippen molar-refractivity contribution in [3.05, 3.63) is 28.2 Å². The van der Waals surface area contributed by atoms with Crippen LogP contribution in [0.25, 0.3) is 0 Å². The van der Waals surface area contributed by atoms with Gasteiger partial charge in [-0.15, -0.1) is 0 Å². The second kappa shape index (κ2) is 4.38. The third kappa shape index (κ3) is 2.41. The van der Waals surface area contributed by atoms with E-state index in [1.54, 1.807) is 0 Å². The zero-order valence-corrected chi connectivity index (χ0v) is 11.5. The smallest absolute Gasteiger partial charge is 0.0377 e. The van der Waals surface area contributed by atoms with Crippen molar-refractivity contribution in [2.75, 3.05) is 18.0 Å². The van der Waals surface area contributed by atoms with Crippen LogP contribution in [-0.4, -0.2) is 13.1 Å². The summed E-state index contributed by atoms with van der Waals surface area (Å²) in [4.78, 5) is 2.45. The van der Waals surface area contributed by atoms with E-state index in [1.807, 2.05) is 0 Å². The van der Waals surface area contributed by atoms with Gasteiger partial charge in [0.05, 0.1) is 0 Å². The summed E-state index contributed by atoms with van der Waals surface area (Å²) in [5.41, 5.74) is 8.57. The topological polar surface area (TPSA) is 29.3 Å². The van der Waals surface area contributed by atoms with Gasteiger partial charge in [-0.3, -0.25) is 0 Å². The summed E-state index contributed by atoms with van der Waals surface area (Å²) in [5.74, 6) is 0. The number of hydrogen-bond donors (Lipinski definition) is 1.